The summed E-state index contributed by atoms with van der Waals surface area (Å²) in [6, 6.07) is 7.51. The molecule has 2 aliphatic rings. The van der Waals surface area contributed by atoms with Crippen LogP contribution in [-0.4, -0.2) is 31.2 Å². The van der Waals surface area contributed by atoms with Crippen molar-refractivity contribution in [2.24, 2.45) is 5.92 Å². The number of hydrogen-bond donors (Lipinski definition) is 2. The van der Waals surface area contributed by atoms with Gasteiger partial charge in [-0.2, -0.15) is 0 Å². The van der Waals surface area contributed by atoms with Crippen LogP contribution < -0.4 is 14.8 Å². The van der Waals surface area contributed by atoms with E-state index in [1.54, 1.807) is 20.8 Å². The molecule has 1 amide bonds. The van der Waals surface area contributed by atoms with E-state index in [0.717, 1.165) is 24.3 Å². The molecule has 0 heterocycles. The molecule has 162 valence electrons. The summed E-state index contributed by atoms with van der Waals surface area (Å²) in [4.78, 5) is 12.7. The van der Waals surface area contributed by atoms with Crippen molar-refractivity contribution in [3.05, 3.63) is 24.3 Å². The maximum absolute atomic E-state index is 12.7. The molecular weight excluding hydrogens is 388 g/mol. The molecule has 0 saturated heterocycles. The Labute approximate surface area is 174 Å². The molecule has 0 unspecified atom stereocenters. The van der Waals surface area contributed by atoms with Gasteiger partial charge < -0.3 is 10.1 Å². The van der Waals surface area contributed by atoms with Gasteiger partial charge in [-0.25, -0.2) is 13.1 Å². The quantitative estimate of drug-likeness (QED) is 0.719. The van der Waals surface area contributed by atoms with Crippen LogP contribution in [0.4, 0.5) is 5.69 Å². The molecule has 6 nitrogen and oxygen atoms in total. The number of ether oxygens (including phenoxy) is 1. The van der Waals surface area contributed by atoms with Crippen molar-refractivity contribution in [3.63, 3.8) is 0 Å². The lowest BCUT2D eigenvalue weighted by Gasteiger charge is -2.30. The van der Waals surface area contributed by atoms with Crippen molar-refractivity contribution >= 4 is 21.6 Å². The fourth-order valence-electron chi connectivity index (χ4n) is 3.96. The monoisotopic (exact) mass is 422 g/mol. The molecule has 1 aromatic carbocycles. The lowest BCUT2D eigenvalue weighted by atomic mass is 9.86. The number of nitrogens with one attached hydrogen (secondary N) is 2. The number of sulfonamides is 1. The second-order valence-electron chi connectivity index (χ2n) is 9.32. The molecular formula is C22H34N2O4S. The first-order chi connectivity index (χ1) is 13.6. The van der Waals surface area contributed by atoms with Gasteiger partial charge in [0.15, 0.2) is 0 Å². The molecule has 0 radical (unpaired) electrons. The summed E-state index contributed by atoms with van der Waals surface area (Å²) in [5, 5.41) is 3.01. The van der Waals surface area contributed by atoms with Crippen LogP contribution in [-0.2, 0) is 14.8 Å². The fourth-order valence-corrected chi connectivity index (χ4v) is 4.99. The standard InChI is InChI=1S/C22H34N2O4S/c1-22(2,3)29(26,27)24-17-13-11-16(12-14-17)21(25)23-18-7-6-10-20(15-18)28-19-8-4-5-9-19/h6-7,10,15-17,19,24H,4-5,8-9,11-14H2,1-3H3,(H,23,25)/t16-,17-. The maximum Gasteiger partial charge on any atom is 0.227 e. The third-order valence-electron chi connectivity index (χ3n) is 5.93. The highest BCUT2D eigenvalue weighted by atomic mass is 32.2. The van der Waals surface area contributed by atoms with Crippen molar-refractivity contribution in [3.8, 4) is 5.75 Å². The lowest BCUT2D eigenvalue weighted by molar-refractivity contribution is -0.120. The summed E-state index contributed by atoms with van der Waals surface area (Å²) in [7, 11) is -3.36. The highest BCUT2D eigenvalue weighted by Crippen LogP contribution is 2.29. The molecule has 3 rings (SSSR count). The third kappa shape index (κ3) is 5.95. The first-order valence-corrected chi connectivity index (χ1v) is 12.2. The topological polar surface area (TPSA) is 84.5 Å². The Morgan fingerprint density at radius 3 is 2.31 bits per heavy atom. The predicted octanol–water partition coefficient (Wildman–Crippen LogP) is 4.22. The van der Waals surface area contributed by atoms with Gasteiger partial charge in [-0.05, 0) is 84.3 Å². The molecule has 2 saturated carbocycles. The lowest BCUT2D eigenvalue weighted by Crippen LogP contribution is -2.46. The van der Waals surface area contributed by atoms with Crippen LogP contribution in [0.2, 0.25) is 0 Å². The average Bonchev–Trinajstić information content (AvgIpc) is 3.14. The highest BCUT2D eigenvalue weighted by Gasteiger charge is 2.34. The van der Waals surface area contributed by atoms with E-state index in [0.29, 0.717) is 25.7 Å². The van der Waals surface area contributed by atoms with E-state index in [-0.39, 0.29) is 24.0 Å². The Morgan fingerprint density at radius 2 is 1.69 bits per heavy atom. The molecule has 0 atom stereocenters. The van der Waals surface area contributed by atoms with Gasteiger partial charge in [-0.3, -0.25) is 4.79 Å². The van der Waals surface area contributed by atoms with E-state index >= 15 is 0 Å². The van der Waals surface area contributed by atoms with Crippen molar-refractivity contribution in [1.82, 2.24) is 4.72 Å². The van der Waals surface area contributed by atoms with Crippen LogP contribution in [0.25, 0.3) is 0 Å². The minimum atomic E-state index is -3.36. The molecule has 7 heteroatoms. The smallest absolute Gasteiger partial charge is 0.227 e. The fraction of sp³-hybridized carbons (Fsp3) is 0.682. The van der Waals surface area contributed by atoms with Gasteiger partial charge in [-0.1, -0.05) is 6.07 Å². The number of carbonyl (C=O) groups excluding carboxylic acids is 1. The minimum absolute atomic E-state index is 0.000134. The summed E-state index contributed by atoms with van der Waals surface area (Å²) < 4.78 is 32.7. The molecule has 2 N–H and O–H groups in total. The summed E-state index contributed by atoms with van der Waals surface area (Å²) >= 11 is 0. The van der Waals surface area contributed by atoms with Crippen LogP contribution in [0.5, 0.6) is 5.75 Å². The van der Waals surface area contributed by atoms with E-state index < -0.39 is 14.8 Å². The Morgan fingerprint density at radius 1 is 1.03 bits per heavy atom. The Balaban J connectivity index is 1.50. The van der Waals surface area contributed by atoms with Gasteiger partial charge in [0.2, 0.25) is 15.9 Å². The van der Waals surface area contributed by atoms with E-state index in [4.69, 9.17) is 4.74 Å². The van der Waals surface area contributed by atoms with Gasteiger partial charge in [0.25, 0.3) is 0 Å². The summed E-state index contributed by atoms with van der Waals surface area (Å²) in [5.41, 5.74) is 0.751. The number of hydrogen-bond acceptors (Lipinski definition) is 4. The Bertz CT molecular complexity index is 802. The van der Waals surface area contributed by atoms with Gasteiger partial charge in [0.1, 0.15) is 5.75 Å². The predicted molar refractivity (Wildman–Crippen MR) is 116 cm³/mol. The minimum Gasteiger partial charge on any atom is -0.490 e. The molecule has 29 heavy (non-hydrogen) atoms. The maximum atomic E-state index is 12.7. The van der Waals surface area contributed by atoms with E-state index in [1.165, 1.54) is 12.8 Å². The number of rotatable bonds is 6. The summed E-state index contributed by atoms with van der Waals surface area (Å²) in [5.74, 6) is 0.708. The zero-order chi connectivity index (χ0) is 21.1. The van der Waals surface area contributed by atoms with Crippen LogP contribution >= 0.6 is 0 Å². The second kappa shape index (κ2) is 9.04. The molecule has 1 aromatic rings. The normalized spacial score (nSPS) is 23.7. The zero-order valence-corrected chi connectivity index (χ0v) is 18.6. The van der Waals surface area contributed by atoms with Gasteiger partial charge in [0.05, 0.1) is 10.9 Å². The van der Waals surface area contributed by atoms with Crippen LogP contribution in [0.3, 0.4) is 0 Å². The van der Waals surface area contributed by atoms with E-state index in [1.807, 2.05) is 24.3 Å². The molecule has 0 aliphatic heterocycles. The third-order valence-corrected chi connectivity index (χ3v) is 8.19. The molecule has 2 aliphatic carbocycles. The number of carbonyl (C=O) groups is 1. The van der Waals surface area contributed by atoms with Crippen molar-refractivity contribution in [2.75, 3.05) is 5.32 Å². The van der Waals surface area contributed by atoms with Crippen LogP contribution in [0, 0.1) is 5.92 Å². The Hall–Kier alpha value is -1.60. The summed E-state index contributed by atoms with van der Waals surface area (Å²) in [6.07, 6.45) is 7.63. The highest BCUT2D eigenvalue weighted by molar-refractivity contribution is 7.90. The molecule has 0 bridgehead atoms. The second-order valence-corrected chi connectivity index (χ2v) is 11.8. The van der Waals surface area contributed by atoms with Gasteiger partial charge in [-0.15, -0.1) is 0 Å². The first kappa shape index (κ1) is 22.1. The average molecular weight is 423 g/mol. The molecule has 2 fully saturated rings. The van der Waals surface area contributed by atoms with Crippen molar-refractivity contribution in [2.45, 2.75) is 89.0 Å². The summed E-state index contributed by atoms with van der Waals surface area (Å²) in [6.45, 7) is 5.08. The van der Waals surface area contributed by atoms with Crippen LogP contribution in [0.15, 0.2) is 24.3 Å². The molecule has 0 spiro atoms. The van der Waals surface area contributed by atoms with E-state index in [2.05, 4.69) is 10.0 Å². The van der Waals surface area contributed by atoms with Gasteiger partial charge >= 0.3 is 0 Å². The Kier molecular flexibility index (Phi) is 6.89. The van der Waals surface area contributed by atoms with Gasteiger partial charge in [0, 0.05) is 23.7 Å². The number of benzene rings is 1. The SMILES string of the molecule is CC(C)(C)S(=O)(=O)N[C@H]1CC[C@H](C(=O)Nc2cccc(OC3CCCC3)c2)CC1. The molecule has 0 aromatic heterocycles. The van der Waals surface area contributed by atoms with Crippen LogP contribution in [0.1, 0.15) is 72.1 Å². The zero-order valence-electron chi connectivity index (χ0n) is 17.7. The number of anilines is 1. The first-order valence-electron chi connectivity index (χ1n) is 10.7. The van der Waals surface area contributed by atoms with Crippen molar-refractivity contribution in [1.29, 1.82) is 0 Å². The largest absolute Gasteiger partial charge is 0.490 e. The van der Waals surface area contributed by atoms with Crippen molar-refractivity contribution < 1.29 is 17.9 Å². The number of amides is 1. The van der Waals surface area contributed by atoms with E-state index in [9.17, 15) is 13.2 Å².